The maximum absolute atomic E-state index is 10.9. The SMILES string of the molecule is CCCCC(C)CS.COc1ccccc1C(C)=O. The molecule has 0 saturated carbocycles. The molecule has 0 saturated heterocycles. The van der Waals surface area contributed by atoms with Crippen LogP contribution in [0.3, 0.4) is 0 Å². The molecule has 0 radical (unpaired) electrons. The fourth-order valence-electron chi connectivity index (χ4n) is 1.58. The standard InChI is InChI=1S/C9H10O2.C7H16S/c1-7(10)8-5-3-4-6-9(8)11-2;1-3-4-5-7(2)6-8/h3-6H,1-2H3;7-8H,3-6H2,1-2H3. The Morgan fingerprint density at radius 2 is 2.00 bits per heavy atom. The molecule has 0 fully saturated rings. The summed E-state index contributed by atoms with van der Waals surface area (Å²) < 4.78 is 4.99. The highest BCUT2D eigenvalue weighted by Crippen LogP contribution is 2.16. The molecule has 1 unspecified atom stereocenters. The van der Waals surface area contributed by atoms with Crippen molar-refractivity contribution in [2.75, 3.05) is 12.9 Å². The molecule has 0 aliphatic rings. The Hall–Kier alpha value is -0.960. The molecule has 2 nitrogen and oxygen atoms in total. The van der Waals surface area contributed by atoms with Crippen LogP contribution >= 0.6 is 12.6 Å². The van der Waals surface area contributed by atoms with Crippen LogP contribution in [0.1, 0.15) is 50.4 Å². The normalized spacial score (nSPS) is 11.2. The zero-order chi connectivity index (χ0) is 14.7. The molecule has 1 aromatic rings. The molecule has 0 amide bonds. The lowest BCUT2D eigenvalue weighted by molar-refractivity contribution is 0.101. The summed E-state index contributed by atoms with van der Waals surface area (Å²) in [6.45, 7) is 6.01. The van der Waals surface area contributed by atoms with E-state index in [1.807, 2.05) is 12.1 Å². The lowest BCUT2D eigenvalue weighted by Crippen LogP contribution is -1.96. The van der Waals surface area contributed by atoms with E-state index in [2.05, 4.69) is 26.5 Å². The van der Waals surface area contributed by atoms with Crippen LogP contribution in [-0.4, -0.2) is 18.6 Å². The summed E-state index contributed by atoms with van der Waals surface area (Å²) in [5.74, 6) is 2.53. The van der Waals surface area contributed by atoms with Crippen LogP contribution < -0.4 is 4.74 Å². The molecular weight excluding hydrogens is 256 g/mol. The Balaban J connectivity index is 0.000000362. The minimum atomic E-state index is 0.0300. The van der Waals surface area contributed by atoms with Crippen LogP contribution in [0.2, 0.25) is 0 Å². The van der Waals surface area contributed by atoms with Crippen LogP contribution in [0.25, 0.3) is 0 Å². The van der Waals surface area contributed by atoms with Gasteiger partial charge in [0.1, 0.15) is 5.75 Å². The molecule has 1 aromatic carbocycles. The Kier molecular flexibility index (Phi) is 10.4. The van der Waals surface area contributed by atoms with Gasteiger partial charge in [0.25, 0.3) is 0 Å². The van der Waals surface area contributed by atoms with Crippen LogP contribution in [0, 0.1) is 5.92 Å². The molecule has 108 valence electrons. The van der Waals surface area contributed by atoms with E-state index < -0.39 is 0 Å². The molecule has 0 heterocycles. The van der Waals surface area contributed by atoms with Gasteiger partial charge in [-0.05, 0) is 37.1 Å². The van der Waals surface area contributed by atoms with Crippen molar-refractivity contribution in [2.24, 2.45) is 5.92 Å². The lowest BCUT2D eigenvalue weighted by Gasteiger charge is -2.03. The maximum atomic E-state index is 10.9. The molecule has 1 atom stereocenters. The summed E-state index contributed by atoms with van der Waals surface area (Å²) >= 11 is 4.19. The monoisotopic (exact) mass is 282 g/mol. The van der Waals surface area contributed by atoms with Crippen molar-refractivity contribution >= 4 is 18.4 Å². The number of hydrogen-bond donors (Lipinski definition) is 1. The van der Waals surface area contributed by atoms with Crippen molar-refractivity contribution in [3.05, 3.63) is 29.8 Å². The largest absolute Gasteiger partial charge is 0.496 e. The topological polar surface area (TPSA) is 26.3 Å². The quantitative estimate of drug-likeness (QED) is 0.607. The zero-order valence-corrected chi connectivity index (χ0v) is 13.4. The molecule has 0 N–H and O–H groups in total. The number of unbranched alkanes of at least 4 members (excludes halogenated alkanes) is 1. The molecule has 19 heavy (non-hydrogen) atoms. The molecule has 0 aromatic heterocycles. The molecule has 0 bridgehead atoms. The van der Waals surface area contributed by atoms with Crippen LogP contribution in [0.5, 0.6) is 5.75 Å². The van der Waals surface area contributed by atoms with Gasteiger partial charge in [-0.15, -0.1) is 0 Å². The number of methoxy groups -OCH3 is 1. The number of thiol groups is 1. The first kappa shape index (κ1) is 18.0. The second-order valence-electron chi connectivity index (χ2n) is 4.69. The number of rotatable bonds is 6. The predicted octanol–water partition coefficient (Wildman–Crippen LogP) is 4.64. The van der Waals surface area contributed by atoms with Gasteiger partial charge in [0.15, 0.2) is 5.78 Å². The summed E-state index contributed by atoms with van der Waals surface area (Å²) in [4.78, 5) is 10.9. The van der Waals surface area contributed by atoms with Crippen molar-refractivity contribution in [1.82, 2.24) is 0 Å². The predicted molar refractivity (Wildman–Crippen MR) is 85.5 cm³/mol. The number of hydrogen-bond acceptors (Lipinski definition) is 3. The Bertz CT molecular complexity index is 364. The highest BCUT2D eigenvalue weighted by atomic mass is 32.1. The first-order chi connectivity index (χ1) is 9.06. The average Bonchev–Trinajstić information content (AvgIpc) is 2.45. The second-order valence-corrected chi connectivity index (χ2v) is 5.05. The van der Waals surface area contributed by atoms with Gasteiger partial charge in [0, 0.05) is 0 Å². The third-order valence-electron chi connectivity index (χ3n) is 2.85. The van der Waals surface area contributed by atoms with Crippen molar-refractivity contribution in [3.8, 4) is 5.75 Å². The van der Waals surface area contributed by atoms with Gasteiger partial charge in [-0.25, -0.2) is 0 Å². The van der Waals surface area contributed by atoms with E-state index in [9.17, 15) is 4.79 Å². The molecule has 0 aliphatic heterocycles. The smallest absolute Gasteiger partial charge is 0.163 e. The third kappa shape index (κ3) is 7.93. The van der Waals surface area contributed by atoms with Gasteiger partial charge in [0.2, 0.25) is 0 Å². The van der Waals surface area contributed by atoms with E-state index in [4.69, 9.17) is 4.74 Å². The summed E-state index contributed by atoms with van der Waals surface area (Å²) in [6, 6.07) is 7.18. The fourth-order valence-corrected chi connectivity index (χ4v) is 1.76. The first-order valence-electron chi connectivity index (χ1n) is 6.81. The van der Waals surface area contributed by atoms with Gasteiger partial charge in [-0.3, -0.25) is 4.79 Å². The Morgan fingerprint density at radius 3 is 2.42 bits per heavy atom. The number of ketones is 1. The maximum Gasteiger partial charge on any atom is 0.163 e. The highest BCUT2D eigenvalue weighted by Gasteiger charge is 2.04. The molecule has 0 aliphatic carbocycles. The van der Waals surface area contributed by atoms with Crippen LogP contribution in [-0.2, 0) is 0 Å². The van der Waals surface area contributed by atoms with Crippen LogP contribution in [0.4, 0.5) is 0 Å². The second kappa shape index (κ2) is 10.9. The number of carbonyl (C=O) groups excluding carboxylic acids is 1. The highest BCUT2D eigenvalue weighted by molar-refractivity contribution is 7.80. The van der Waals surface area contributed by atoms with E-state index in [0.717, 1.165) is 11.7 Å². The first-order valence-corrected chi connectivity index (χ1v) is 7.44. The van der Waals surface area contributed by atoms with E-state index in [1.165, 1.54) is 26.2 Å². The minimum Gasteiger partial charge on any atom is -0.496 e. The summed E-state index contributed by atoms with van der Waals surface area (Å²) in [5, 5.41) is 0. The van der Waals surface area contributed by atoms with E-state index >= 15 is 0 Å². The van der Waals surface area contributed by atoms with Gasteiger partial charge in [0.05, 0.1) is 12.7 Å². The number of benzene rings is 1. The van der Waals surface area contributed by atoms with Crippen molar-refractivity contribution in [3.63, 3.8) is 0 Å². The zero-order valence-electron chi connectivity index (χ0n) is 12.5. The molecule has 3 heteroatoms. The number of carbonyl (C=O) groups is 1. The minimum absolute atomic E-state index is 0.0300. The lowest BCUT2D eigenvalue weighted by atomic mass is 10.1. The van der Waals surface area contributed by atoms with Crippen molar-refractivity contribution in [1.29, 1.82) is 0 Å². The number of para-hydroxylation sites is 1. The van der Waals surface area contributed by atoms with Gasteiger partial charge < -0.3 is 4.74 Å². The molecule has 0 spiro atoms. The Labute approximate surface area is 123 Å². The number of ether oxygens (including phenoxy) is 1. The summed E-state index contributed by atoms with van der Waals surface area (Å²) in [5.41, 5.74) is 0.634. The van der Waals surface area contributed by atoms with Gasteiger partial charge in [-0.2, -0.15) is 12.6 Å². The third-order valence-corrected chi connectivity index (χ3v) is 3.47. The van der Waals surface area contributed by atoms with E-state index in [-0.39, 0.29) is 5.78 Å². The molecule has 1 rings (SSSR count). The fraction of sp³-hybridized carbons (Fsp3) is 0.562. The van der Waals surface area contributed by atoms with E-state index in [0.29, 0.717) is 11.3 Å². The van der Waals surface area contributed by atoms with E-state index in [1.54, 1.807) is 19.2 Å². The average molecular weight is 282 g/mol. The van der Waals surface area contributed by atoms with Crippen LogP contribution in [0.15, 0.2) is 24.3 Å². The Morgan fingerprint density at radius 1 is 1.37 bits per heavy atom. The molecular formula is C16H26O2S. The van der Waals surface area contributed by atoms with Gasteiger partial charge >= 0.3 is 0 Å². The summed E-state index contributed by atoms with van der Waals surface area (Å²) in [7, 11) is 1.56. The number of Topliss-reactive ketones (excluding diaryl/α,β-unsaturated/α-hetero) is 1. The van der Waals surface area contributed by atoms with Gasteiger partial charge in [-0.1, -0.05) is 38.8 Å². The van der Waals surface area contributed by atoms with Crippen molar-refractivity contribution in [2.45, 2.75) is 40.0 Å². The summed E-state index contributed by atoms with van der Waals surface area (Å²) in [6.07, 6.45) is 4.03. The van der Waals surface area contributed by atoms with Crippen molar-refractivity contribution < 1.29 is 9.53 Å².